The van der Waals surface area contributed by atoms with Gasteiger partial charge in [-0.05, 0) is 0 Å². The minimum atomic E-state index is -3.34. The maximum atomic E-state index is 12.0. The van der Waals surface area contributed by atoms with Crippen LogP contribution in [0.2, 0.25) is 0 Å². The number of aromatic nitrogens is 2. The van der Waals surface area contributed by atoms with Crippen molar-refractivity contribution in [2.24, 2.45) is 7.05 Å². The fraction of sp³-hybridized carbons (Fsp3) is 0.700. The first-order valence-corrected chi connectivity index (χ1v) is 7.45. The molecule has 1 fully saturated rings. The molecule has 0 radical (unpaired) electrons. The van der Waals surface area contributed by atoms with E-state index in [0.717, 1.165) is 5.82 Å². The van der Waals surface area contributed by atoms with Gasteiger partial charge in [0, 0.05) is 58.6 Å². The SMILES string of the molecule is Cn1ccnc1CCNS(=O)(=O)N1CCNCC1. The number of rotatable bonds is 5. The molecule has 2 N–H and O–H groups in total. The Morgan fingerprint density at radius 3 is 2.78 bits per heavy atom. The summed E-state index contributed by atoms with van der Waals surface area (Å²) in [5, 5.41) is 3.13. The van der Waals surface area contributed by atoms with Crippen molar-refractivity contribution in [3.8, 4) is 0 Å². The van der Waals surface area contributed by atoms with Gasteiger partial charge < -0.3 is 9.88 Å². The van der Waals surface area contributed by atoms with Crippen molar-refractivity contribution in [2.75, 3.05) is 32.7 Å². The molecule has 1 aromatic rings. The topological polar surface area (TPSA) is 79.3 Å². The van der Waals surface area contributed by atoms with Crippen LogP contribution in [0.4, 0.5) is 0 Å². The Balaban J connectivity index is 1.83. The first kappa shape index (κ1) is 13.5. The fourth-order valence-corrected chi connectivity index (χ4v) is 3.11. The van der Waals surface area contributed by atoms with Crippen LogP contribution in [-0.2, 0) is 23.7 Å². The monoisotopic (exact) mass is 273 g/mol. The third-order valence-electron chi connectivity index (χ3n) is 2.97. The molecule has 0 amide bonds. The van der Waals surface area contributed by atoms with Crippen LogP contribution in [0.3, 0.4) is 0 Å². The average Bonchev–Trinajstić information content (AvgIpc) is 2.76. The van der Waals surface area contributed by atoms with E-state index < -0.39 is 10.2 Å². The Morgan fingerprint density at radius 1 is 1.44 bits per heavy atom. The lowest BCUT2D eigenvalue weighted by Crippen LogP contribution is -2.50. The van der Waals surface area contributed by atoms with E-state index in [1.54, 1.807) is 6.20 Å². The second kappa shape index (κ2) is 5.79. The van der Waals surface area contributed by atoms with Gasteiger partial charge in [0.05, 0.1) is 0 Å². The normalized spacial score (nSPS) is 18.1. The molecule has 18 heavy (non-hydrogen) atoms. The van der Waals surface area contributed by atoms with Crippen molar-refractivity contribution < 1.29 is 8.42 Å². The molecule has 2 rings (SSSR count). The minimum Gasteiger partial charge on any atom is -0.338 e. The predicted molar refractivity (Wildman–Crippen MR) is 68.3 cm³/mol. The number of nitrogens with one attached hydrogen (secondary N) is 2. The van der Waals surface area contributed by atoms with Gasteiger partial charge in [-0.15, -0.1) is 0 Å². The van der Waals surface area contributed by atoms with E-state index in [4.69, 9.17) is 0 Å². The summed E-state index contributed by atoms with van der Waals surface area (Å²) in [4.78, 5) is 4.15. The third-order valence-corrected chi connectivity index (χ3v) is 4.58. The summed E-state index contributed by atoms with van der Waals surface area (Å²) in [5.41, 5.74) is 0. The van der Waals surface area contributed by atoms with Gasteiger partial charge in [-0.3, -0.25) is 0 Å². The third kappa shape index (κ3) is 3.29. The smallest absolute Gasteiger partial charge is 0.279 e. The van der Waals surface area contributed by atoms with Gasteiger partial charge in [-0.25, -0.2) is 9.71 Å². The molecule has 0 aliphatic carbocycles. The molecule has 102 valence electrons. The molecule has 1 aromatic heterocycles. The maximum Gasteiger partial charge on any atom is 0.279 e. The number of nitrogens with zero attached hydrogens (tertiary/aromatic N) is 3. The van der Waals surface area contributed by atoms with Crippen LogP contribution in [0, 0.1) is 0 Å². The number of piperazine rings is 1. The van der Waals surface area contributed by atoms with Crippen LogP contribution in [-0.4, -0.2) is 55.0 Å². The lowest BCUT2D eigenvalue weighted by atomic mass is 10.4. The van der Waals surface area contributed by atoms with Crippen molar-refractivity contribution in [1.82, 2.24) is 23.9 Å². The maximum absolute atomic E-state index is 12.0. The molecule has 2 heterocycles. The zero-order chi connectivity index (χ0) is 13.0. The highest BCUT2D eigenvalue weighted by molar-refractivity contribution is 7.87. The summed E-state index contributed by atoms with van der Waals surface area (Å²) in [6.45, 7) is 2.84. The highest BCUT2D eigenvalue weighted by Gasteiger charge is 2.22. The highest BCUT2D eigenvalue weighted by atomic mass is 32.2. The summed E-state index contributed by atoms with van der Waals surface area (Å²) in [5.74, 6) is 0.873. The lowest BCUT2D eigenvalue weighted by molar-refractivity contribution is 0.355. The Hall–Kier alpha value is -0.960. The zero-order valence-electron chi connectivity index (χ0n) is 10.5. The molecule has 0 aromatic carbocycles. The second-order valence-corrected chi connectivity index (χ2v) is 6.01. The van der Waals surface area contributed by atoms with Crippen molar-refractivity contribution >= 4 is 10.2 Å². The van der Waals surface area contributed by atoms with E-state index in [9.17, 15) is 8.42 Å². The Morgan fingerprint density at radius 2 is 2.17 bits per heavy atom. The number of imidazole rings is 1. The van der Waals surface area contributed by atoms with Crippen LogP contribution < -0.4 is 10.0 Å². The van der Waals surface area contributed by atoms with Crippen LogP contribution in [0.1, 0.15) is 5.82 Å². The highest BCUT2D eigenvalue weighted by Crippen LogP contribution is 2.00. The van der Waals surface area contributed by atoms with Crippen LogP contribution >= 0.6 is 0 Å². The molecule has 1 aliphatic heterocycles. The lowest BCUT2D eigenvalue weighted by Gasteiger charge is -2.26. The molecule has 0 bridgehead atoms. The van der Waals surface area contributed by atoms with Gasteiger partial charge in [-0.2, -0.15) is 12.7 Å². The van der Waals surface area contributed by atoms with Gasteiger partial charge in [-0.1, -0.05) is 0 Å². The van der Waals surface area contributed by atoms with Crippen molar-refractivity contribution in [1.29, 1.82) is 0 Å². The van der Waals surface area contributed by atoms with Crippen molar-refractivity contribution in [2.45, 2.75) is 6.42 Å². The van der Waals surface area contributed by atoms with Gasteiger partial charge in [0.25, 0.3) is 10.2 Å². The summed E-state index contributed by atoms with van der Waals surface area (Å²) >= 11 is 0. The quantitative estimate of drug-likeness (QED) is 0.699. The molecule has 1 saturated heterocycles. The first-order valence-electron chi connectivity index (χ1n) is 6.01. The van der Waals surface area contributed by atoms with Crippen molar-refractivity contribution in [3.05, 3.63) is 18.2 Å². The van der Waals surface area contributed by atoms with Gasteiger partial charge in [0.15, 0.2) is 0 Å². The molecular weight excluding hydrogens is 254 g/mol. The fourth-order valence-electron chi connectivity index (χ4n) is 1.91. The van der Waals surface area contributed by atoms with Crippen molar-refractivity contribution in [3.63, 3.8) is 0 Å². The summed E-state index contributed by atoms with van der Waals surface area (Å²) in [6, 6.07) is 0. The molecule has 0 saturated carbocycles. The summed E-state index contributed by atoms with van der Waals surface area (Å²) < 4.78 is 29.9. The minimum absolute atomic E-state index is 0.372. The number of hydrogen-bond acceptors (Lipinski definition) is 4. The molecular formula is C10H19N5O2S. The van der Waals surface area contributed by atoms with E-state index in [0.29, 0.717) is 39.1 Å². The van der Waals surface area contributed by atoms with E-state index in [2.05, 4.69) is 15.0 Å². The van der Waals surface area contributed by atoms with E-state index in [1.165, 1.54) is 4.31 Å². The van der Waals surface area contributed by atoms with E-state index in [1.807, 2.05) is 17.8 Å². The van der Waals surface area contributed by atoms with Crippen LogP contribution in [0.25, 0.3) is 0 Å². The molecule has 0 unspecified atom stereocenters. The van der Waals surface area contributed by atoms with E-state index in [-0.39, 0.29) is 0 Å². The Labute approximate surface area is 107 Å². The molecule has 0 atom stereocenters. The first-order chi connectivity index (χ1) is 8.59. The summed E-state index contributed by atoms with van der Waals surface area (Å²) in [6.07, 6.45) is 4.15. The van der Waals surface area contributed by atoms with Gasteiger partial charge in [0.1, 0.15) is 5.82 Å². The number of aryl methyl sites for hydroxylation is 1. The zero-order valence-corrected chi connectivity index (χ0v) is 11.3. The molecule has 8 heteroatoms. The predicted octanol–water partition coefficient (Wildman–Crippen LogP) is -1.30. The molecule has 7 nitrogen and oxygen atoms in total. The second-order valence-electron chi connectivity index (χ2n) is 4.25. The molecule has 0 spiro atoms. The van der Waals surface area contributed by atoms with Crippen LogP contribution in [0.15, 0.2) is 12.4 Å². The van der Waals surface area contributed by atoms with Gasteiger partial charge in [0.2, 0.25) is 0 Å². The van der Waals surface area contributed by atoms with E-state index >= 15 is 0 Å². The average molecular weight is 273 g/mol. The standard InChI is InChI=1S/C10H19N5O2S/c1-14-7-6-12-10(14)2-3-13-18(16,17)15-8-4-11-5-9-15/h6-7,11,13H,2-5,8-9H2,1H3. The molecule has 1 aliphatic rings. The Kier molecular flexibility index (Phi) is 4.33. The van der Waals surface area contributed by atoms with Crippen LogP contribution in [0.5, 0.6) is 0 Å². The largest absolute Gasteiger partial charge is 0.338 e. The number of hydrogen-bond donors (Lipinski definition) is 2. The Bertz CT molecular complexity index is 478. The summed E-state index contributed by atoms with van der Waals surface area (Å²) in [7, 11) is -1.45. The van der Waals surface area contributed by atoms with Gasteiger partial charge >= 0.3 is 0 Å².